The highest BCUT2D eigenvalue weighted by molar-refractivity contribution is 7.92. The summed E-state index contributed by atoms with van der Waals surface area (Å²) in [6, 6.07) is 13.3. The van der Waals surface area contributed by atoms with Gasteiger partial charge in [0.05, 0.1) is 18.5 Å². The van der Waals surface area contributed by atoms with Gasteiger partial charge in [-0.1, -0.05) is 57.5 Å². The van der Waals surface area contributed by atoms with Crippen LogP contribution in [0.3, 0.4) is 0 Å². The van der Waals surface area contributed by atoms with Crippen LogP contribution in [0.4, 0.5) is 5.69 Å². The van der Waals surface area contributed by atoms with Crippen molar-refractivity contribution in [1.29, 1.82) is 0 Å². The summed E-state index contributed by atoms with van der Waals surface area (Å²) < 4.78 is 31.9. The first-order chi connectivity index (χ1) is 14.4. The molecule has 170 valence electrons. The lowest BCUT2D eigenvalue weighted by Gasteiger charge is -2.30. The zero-order valence-corrected chi connectivity index (χ0v) is 20.3. The van der Waals surface area contributed by atoms with E-state index < -0.39 is 16.1 Å². The van der Waals surface area contributed by atoms with Gasteiger partial charge in [-0.15, -0.1) is 0 Å². The smallest absolute Gasteiger partial charge is 0.244 e. The topological polar surface area (TPSA) is 75.7 Å². The van der Waals surface area contributed by atoms with Crippen LogP contribution in [0.25, 0.3) is 0 Å². The molecule has 0 unspecified atom stereocenters. The predicted molar refractivity (Wildman–Crippen MR) is 127 cm³/mol. The molecule has 0 aromatic heterocycles. The van der Waals surface area contributed by atoms with E-state index in [-0.39, 0.29) is 24.5 Å². The molecule has 0 saturated carbocycles. The second-order valence-electron chi connectivity index (χ2n) is 8.34. The molecule has 1 N–H and O–H groups in total. The number of sulfonamides is 1. The number of hydrogen-bond donors (Lipinski definition) is 1. The van der Waals surface area contributed by atoms with Crippen molar-refractivity contribution in [3.8, 4) is 5.75 Å². The molecule has 0 bridgehead atoms. The third kappa shape index (κ3) is 6.87. The maximum Gasteiger partial charge on any atom is 0.244 e. The van der Waals surface area contributed by atoms with Crippen LogP contribution in [-0.2, 0) is 20.2 Å². The Hall–Kier alpha value is -2.25. The van der Waals surface area contributed by atoms with Gasteiger partial charge < -0.3 is 10.1 Å². The maximum atomic E-state index is 12.8. The Morgan fingerprint density at radius 3 is 2.29 bits per heavy atom. The quantitative estimate of drug-likeness (QED) is 0.556. The summed E-state index contributed by atoms with van der Waals surface area (Å²) in [5.41, 5.74) is 1.41. The molecule has 0 spiro atoms. The lowest BCUT2D eigenvalue weighted by molar-refractivity contribution is -0.122. The molecular weight excluding hydrogens is 436 g/mol. The second kappa shape index (κ2) is 10.4. The van der Waals surface area contributed by atoms with E-state index in [4.69, 9.17) is 16.3 Å². The van der Waals surface area contributed by atoms with Crippen molar-refractivity contribution >= 4 is 33.2 Å². The van der Waals surface area contributed by atoms with Crippen molar-refractivity contribution in [3.63, 3.8) is 0 Å². The number of hydrogen-bond acceptors (Lipinski definition) is 4. The molecule has 0 saturated heterocycles. The molecule has 0 heterocycles. The summed E-state index contributed by atoms with van der Waals surface area (Å²) in [7, 11) is -3.68. The van der Waals surface area contributed by atoms with Crippen LogP contribution in [0.15, 0.2) is 48.5 Å². The number of carbonyl (C=O) groups is 1. The molecule has 0 radical (unpaired) electrons. The van der Waals surface area contributed by atoms with Gasteiger partial charge in [-0.05, 0) is 47.7 Å². The SMILES string of the molecule is CC[C@@H](C(=O)NCCOc1ccccc1C(C)(C)C)N(c1ccc(Cl)cc1)S(C)(=O)=O. The van der Waals surface area contributed by atoms with Crippen molar-refractivity contribution in [2.45, 2.75) is 45.6 Å². The number of amides is 1. The summed E-state index contributed by atoms with van der Waals surface area (Å²) in [5.74, 6) is 0.394. The molecule has 0 aliphatic heterocycles. The molecule has 31 heavy (non-hydrogen) atoms. The number of halogens is 1. The molecule has 0 fully saturated rings. The fourth-order valence-corrected chi connectivity index (χ4v) is 4.65. The van der Waals surface area contributed by atoms with Gasteiger partial charge in [0.15, 0.2) is 0 Å². The highest BCUT2D eigenvalue weighted by atomic mass is 35.5. The number of benzene rings is 2. The summed E-state index contributed by atoms with van der Waals surface area (Å²) in [6.45, 7) is 8.63. The fraction of sp³-hybridized carbons (Fsp3) is 0.435. The Morgan fingerprint density at radius 2 is 1.74 bits per heavy atom. The van der Waals surface area contributed by atoms with Crippen molar-refractivity contribution in [2.75, 3.05) is 23.7 Å². The van der Waals surface area contributed by atoms with Crippen LogP contribution in [0.2, 0.25) is 5.02 Å². The zero-order chi connectivity index (χ0) is 23.2. The highest BCUT2D eigenvalue weighted by Gasteiger charge is 2.31. The fourth-order valence-electron chi connectivity index (χ4n) is 3.31. The number of nitrogens with one attached hydrogen (secondary N) is 1. The van der Waals surface area contributed by atoms with Gasteiger partial charge in [0, 0.05) is 5.02 Å². The Balaban J connectivity index is 2.07. The number of anilines is 1. The first-order valence-corrected chi connectivity index (χ1v) is 12.4. The van der Waals surface area contributed by atoms with Crippen LogP contribution >= 0.6 is 11.6 Å². The largest absolute Gasteiger partial charge is 0.491 e. The van der Waals surface area contributed by atoms with E-state index in [1.165, 1.54) is 0 Å². The summed E-state index contributed by atoms with van der Waals surface area (Å²) >= 11 is 5.92. The number of ether oxygens (including phenoxy) is 1. The Kier molecular flexibility index (Phi) is 8.37. The van der Waals surface area contributed by atoms with E-state index in [2.05, 4.69) is 26.1 Å². The van der Waals surface area contributed by atoms with Gasteiger partial charge in [-0.3, -0.25) is 9.10 Å². The van der Waals surface area contributed by atoms with Crippen molar-refractivity contribution in [1.82, 2.24) is 5.32 Å². The third-order valence-corrected chi connectivity index (χ3v) is 6.20. The number of para-hydroxylation sites is 1. The standard InChI is InChI=1S/C23H31ClN2O4S/c1-6-20(26(31(5,28)29)18-13-11-17(24)12-14-18)22(27)25-15-16-30-21-10-8-7-9-19(21)23(2,3)4/h7-14,20H,6,15-16H2,1-5H3,(H,25,27)/t20-/m0/s1. The van der Waals surface area contributed by atoms with Crippen LogP contribution in [0.1, 0.15) is 39.7 Å². The van der Waals surface area contributed by atoms with E-state index in [0.29, 0.717) is 17.1 Å². The van der Waals surface area contributed by atoms with Gasteiger partial charge in [0.2, 0.25) is 15.9 Å². The molecule has 6 nitrogen and oxygen atoms in total. The van der Waals surface area contributed by atoms with Crippen LogP contribution in [0, 0.1) is 0 Å². The molecule has 2 aromatic carbocycles. The first kappa shape index (κ1) is 25.0. The molecule has 1 amide bonds. The Morgan fingerprint density at radius 1 is 1.13 bits per heavy atom. The van der Waals surface area contributed by atoms with Gasteiger partial charge in [0.25, 0.3) is 0 Å². The minimum atomic E-state index is -3.68. The van der Waals surface area contributed by atoms with Crippen LogP contribution in [0.5, 0.6) is 5.75 Å². The van der Waals surface area contributed by atoms with Crippen molar-refractivity contribution in [3.05, 3.63) is 59.1 Å². The van der Waals surface area contributed by atoms with E-state index in [1.54, 1.807) is 31.2 Å². The van der Waals surface area contributed by atoms with Crippen molar-refractivity contribution in [2.24, 2.45) is 0 Å². The third-order valence-electron chi connectivity index (χ3n) is 4.76. The molecular formula is C23H31ClN2O4S. The maximum absolute atomic E-state index is 12.8. The lowest BCUT2D eigenvalue weighted by Crippen LogP contribution is -2.50. The zero-order valence-electron chi connectivity index (χ0n) is 18.7. The van der Waals surface area contributed by atoms with Crippen molar-refractivity contribution < 1.29 is 17.9 Å². The van der Waals surface area contributed by atoms with Gasteiger partial charge in [-0.25, -0.2) is 8.42 Å². The molecule has 2 aromatic rings. The number of rotatable bonds is 9. The van der Waals surface area contributed by atoms with E-state index in [0.717, 1.165) is 21.9 Å². The summed E-state index contributed by atoms with van der Waals surface area (Å²) in [5, 5.41) is 3.29. The van der Waals surface area contributed by atoms with E-state index in [1.807, 2.05) is 24.3 Å². The number of nitrogens with zero attached hydrogens (tertiary/aromatic N) is 1. The normalized spacial score (nSPS) is 12.8. The van der Waals surface area contributed by atoms with Gasteiger partial charge >= 0.3 is 0 Å². The minimum Gasteiger partial charge on any atom is -0.491 e. The molecule has 0 aliphatic rings. The average Bonchev–Trinajstić information content (AvgIpc) is 2.68. The van der Waals surface area contributed by atoms with Crippen LogP contribution in [-0.4, -0.2) is 39.8 Å². The Bertz CT molecular complexity index is 985. The molecule has 8 heteroatoms. The highest BCUT2D eigenvalue weighted by Crippen LogP contribution is 2.30. The number of carbonyl (C=O) groups excluding carboxylic acids is 1. The molecule has 2 rings (SSSR count). The Labute approximate surface area is 190 Å². The monoisotopic (exact) mass is 466 g/mol. The average molecular weight is 467 g/mol. The van der Waals surface area contributed by atoms with Gasteiger partial charge in [0.1, 0.15) is 18.4 Å². The molecule has 1 atom stereocenters. The van der Waals surface area contributed by atoms with E-state index in [9.17, 15) is 13.2 Å². The second-order valence-corrected chi connectivity index (χ2v) is 10.6. The van der Waals surface area contributed by atoms with E-state index >= 15 is 0 Å². The summed E-state index contributed by atoms with van der Waals surface area (Å²) in [6.07, 6.45) is 1.40. The lowest BCUT2D eigenvalue weighted by atomic mass is 9.86. The van der Waals surface area contributed by atoms with Crippen LogP contribution < -0.4 is 14.4 Å². The first-order valence-electron chi connectivity index (χ1n) is 10.2. The van der Waals surface area contributed by atoms with Gasteiger partial charge in [-0.2, -0.15) is 0 Å². The molecule has 0 aliphatic carbocycles. The minimum absolute atomic E-state index is 0.0677. The summed E-state index contributed by atoms with van der Waals surface area (Å²) in [4.78, 5) is 12.8. The predicted octanol–water partition coefficient (Wildman–Crippen LogP) is 4.38.